The predicted molar refractivity (Wildman–Crippen MR) is 160 cm³/mol. The predicted octanol–water partition coefficient (Wildman–Crippen LogP) is 6.83. The van der Waals surface area contributed by atoms with E-state index in [0.717, 1.165) is 11.1 Å². The van der Waals surface area contributed by atoms with Gasteiger partial charge in [0, 0.05) is 25.6 Å². The minimum Gasteiger partial charge on any atom is -0.460 e. The zero-order valence-corrected chi connectivity index (χ0v) is 25.1. The molecule has 0 aliphatic heterocycles. The Hall–Kier alpha value is -3.69. The quantitative estimate of drug-likeness (QED) is 0.205. The van der Waals surface area contributed by atoms with Crippen molar-refractivity contribution in [2.24, 2.45) is 0 Å². The number of rotatable bonds is 14. The second kappa shape index (κ2) is 15.7. The molecule has 1 N–H and O–H groups in total. The van der Waals surface area contributed by atoms with E-state index in [9.17, 15) is 22.8 Å². The highest BCUT2D eigenvalue weighted by atomic mass is 19.4. The van der Waals surface area contributed by atoms with E-state index in [4.69, 9.17) is 9.47 Å². The van der Waals surface area contributed by atoms with Crippen molar-refractivity contribution >= 4 is 11.9 Å². The van der Waals surface area contributed by atoms with Crippen LogP contribution in [0.15, 0.2) is 91.0 Å². The van der Waals surface area contributed by atoms with E-state index in [2.05, 4.69) is 5.32 Å². The highest BCUT2D eigenvalue weighted by Crippen LogP contribution is 2.28. The molecule has 9 heteroatoms. The highest BCUT2D eigenvalue weighted by molar-refractivity contribution is 5.77. The van der Waals surface area contributed by atoms with E-state index in [0.29, 0.717) is 5.56 Å². The molecular weight excluding hydrogens is 557 g/mol. The zero-order valence-electron chi connectivity index (χ0n) is 25.1. The third-order valence-corrected chi connectivity index (χ3v) is 6.81. The first kappa shape index (κ1) is 33.8. The van der Waals surface area contributed by atoms with Crippen molar-refractivity contribution in [2.75, 3.05) is 0 Å². The first-order valence-electron chi connectivity index (χ1n) is 14.4. The van der Waals surface area contributed by atoms with Crippen molar-refractivity contribution in [3.05, 3.63) is 108 Å². The lowest BCUT2D eigenvalue weighted by Crippen LogP contribution is -2.59. The van der Waals surface area contributed by atoms with Gasteiger partial charge in [-0.2, -0.15) is 13.2 Å². The molecule has 0 aromatic heterocycles. The van der Waals surface area contributed by atoms with Gasteiger partial charge >= 0.3 is 18.1 Å². The molecule has 3 aromatic rings. The van der Waals surface area contributed by atoms with E-state index in [1.807, 2.05) is 66.7 Å². The molecule has 0 radical (unpaired) electrons. The summed E-state index contributed by atoms with van der Waals surface area (Å²) in [5.41, 5.74) is 1.64. The largest absolute Gasteiger partial charge is 0.460 e. The third-order valence-electron chi connectivity index (χ3n) is 6.81. The molecule has 43 heavy (non-hydrogen) atoms. The van der Waals surface area contributed by atoms with Gasteiger partial charge in [-0.3, -0.25) is 19.8 Å². The summed E-state index contributed by atoms with van der Waals surface area (Å²) in [6.07, 6.45) is -5.19. The van der Waals surface area contributed by atoms with Gasteiger partial charge in [-0.25, -0.2) is 0 Å². The molecule has 232 valence electrons. The molecule has 0 spiro atoms. The molecule has 0 amide bonds. The Balaban J connectivity index is 1.87. The Kier molecular flexibility index (Phi) is 12.3. The van der Waals surface area contributed by atoms with Crippen LogP contribution < -0.4 is 5.32 Å². The summed E-state index contributed by atoms with van der Waals surface area (Å²) in [7, 11) is 0. The van der Waals surface area contributed by atoms with Crippen molar-refractivity contribution < 1.29 is 32.2 Å². The number of nitrogens with one attached hydrogen (secondary N) is 1. The summed E-state index contributed by atoms with van der Waals surface area (Å²) in [4.78, 5) is 27.4. The number of benzene rings is 3. The molecule has 0 aliphatic carbocycles. The van der Waals surface area contributed by atoms with E-state index in [-0.39, 0.29) is 32.5 Å². The molecule has 0 aliphatic rings. The number of esters is 2. The normalized spacial score (nSPS) is 14.1. The number of hydrogen-bond donors (Lipinski definition) is 1. The van der Waals surface area contributed by atoms with E-state index < -0.39 is 41.8 Å². The Labute approximate surface area is 252 Å². The number of nitrogens with zero attached hydrogens (tertiary/aromatic N) is 1. The Morgan fingerprint density at radius 1 is 0.791 bits per heavy atom. The van der Waals surface area contributed by atoms with Crippen LogP contribution in [0.3, 0.4) is 0 Å². The molecule has 0 saturated heterocycles. The number of carbonyl (C=O) groups excluding carboxylic acids is 2. The molecule has 3 aromatic carbocycles. The lowest BCUT2D eigenvalue weighted by molar-refractivity contribution is -0.176. The number of halogens is 3. The zero-order chi connectivity index (χ0) is 31.5. The second-order valence-electron chi connectivity index (χ2n) is 11.6. The Morgan fingerprint density at radius 3 is 1.70 bits per heavy atom. The monoisotopic (exact) mass is 598 g/mol. The van der Waals surface area contributed by atoms with Gasteiger partial charge in [-0.15, -0.1) is 0 Å². The minimum absolute atomic E-state index is 0.106. The van der Waals surface area contributed by atoms with Gasteiger partial charge < -0.3 is 9.47 Å². The van der Waals surface area contributed by atoms with Crippen LogP contribution in [-0.2, 0) is 38.8 Å². The second-order valence-corrected chi connectivity index (χ2v) is 11.6. The van der Waals surface area contributed by atoms with Gasteiger partial charge in [0.05, 0.1) is 0 Å². The lowest BCUT2D eigenvalue weighted by Gasteiger charge is -2.38. The number of hydrogen-bond acceptors (Lipinski definition) is 6. The summed E-state index contributed by atoms with van der Waals surface area (Å²) in [5.74, 6) is -1.48. The molecule has 3 atom stereocenters. The standard InChI is InChI=1S/C34H41F3N2O4/c1-25(39(22-26-14-8-5-9-15-26)23-27-16-10-6-11-17-27)31(34(35,36)37)38-29(20-21-30(40)43-33(2,3)4)32(41)42-24-28-18-12-7-13-19-28/h5-19,25,29,31,38H,20-24H2,1-4H3/t25-,29-,31-/m0/s1. The maximum Gasteiger partial charge on any atom is 0.405 e. The minimum atomic E-state index is -4.71. The summed E-state index contributed by atoms with van der Waals surface area (Å²) in [6.45, 7) is 7.00. The van der Waals surface area contributed by atoms with Gasteiger partial charge in [-0.1, -0.05) is 91.0 Å². The first-order valence-corrected chi connectivity index (χ1v) is 14.4. The van der Waals surface area contributed by atoms with E-state index in [1.54, 1.807) is 49.9 Å². The first-order chi connectivity index (χ1) is 20.3. The maximum atomic E-state index is 14.8. The Morgan fingerprint density at radius 2 is 1.26 bits per heavy atom. The SMILES string of the molecule is C[C@@H]([C@H](N[C@@H](CCC(=O)OC(C)(C)C)C(=O)OCc1ccccc1)C(F)(F)F)N(Cc1ccccc1)Cc1ccccc1. The maximum absolute atomic E-state index is 14.8. The van der Waals surface area contributed by atoms with Crippen molar-refractivity contribution in [3.63, 3.8) is 0 Å². The number of carbonyl (C=O) groups is 2. The van der Waals surface area contributed by atoms with E-state index in [1.165, 1.54) is 6.92 Å². The van der Waals surface area contributed by atoms with Crippen molar-refractivity contribution in [1.29, 1.82) is 0 Å². The average Bonchev–Trinajstić information content (AvgIpc) is 2.95. The highest BCUT2D eigenvalue weighted by Gasteiger charge is 2.47. The molecule has 0 unspecified atom stereocenters. The molecular formula is C34H41F3N2O4. The van der Waals surface area contributed by atoms with Crippen LogP contribution in [0, 0.1) is 0 Å². The van der Waals surface area contributed by atoms with Crippen LogP contribution >= 0.6 is 0 Å². The summed E-state index contributed by atoms with van der Waals surface area (Å²) < 4.78 is 55.1. The third kappa shape index (κ3) is 11.8. The van der Waals surface area contributed by atoms with Crippen molar-refractivity contribution in [1.82, 2.24) is 10.2 Å². The van der Waals surface area contributed by atoms with Crippen LogP contribution in [0.1, 0.15) is 57.2 Å². The van der Waals surface area contributed by atoms with Crippen molar-refractivity contribution in [3.8, 4) is 0 Å². The molecule has 0 saturated carbocycles. The van der Waals surface area contributed by atoms with Gasteiger partial charge in [0.2, 0.25) is 0 Å². The average molecular weight is 599 g/mol. The van der Waals surface area contributed by atoms with Gasteiger partial charge in [0.15, 0.2) is 0 Å². The molecule has 0 bridgehead atoms. The molecule has 3 rings (SSSR count). The molecule has 0 fully saturated rings. The van der Waals surface area contributed by atoms with Crippen LogP contribution in [-0.4, -0.2) is 46.7 Å². The fraction of sp³-hybridized carbons (Fsp3) is 0.412. The fourth-order valence-electron chi connectivity index (χ4n) is 4.67. The molecule has 0 heterocycles. The van der Waals surface area contributed by atoms with Gasteiger partial charge in [0.25, 0.3) is 0 Å². The van der Waals surface area contributed by atoms with Crippen LogP contribution in [0.4, 0.5) is 13.2 Å². The van der Waals surface area contributed by atoms with Crippen LogP contribution in [0.25, 0.3) is 0 Å². The van der Waals surface area contributed by atoms with Crippen LogP contribution in [0.5, 0.6) is 0 Å². The summed E-state index contributed by atoms with van der Waals surface area (Å²) >= 11 is 0. The Bertz CT molecular complexity index is 1220. The summed E-state index contributed by atoms with van der Waals surface area (Å²) in [6, 6.07) is 22.8. The topological polar surface area (TPSA) is 67.9 Å². The van der Waals surface area contributed by atoms with Crippen LogP contribution in [0.2, 0.25) is 0 Å². The van der Waals surface area contributed by atoms with Gasteiger partial charge in [0.1, 0.15) is 24.3 Å². The summed E-state index contributed by atoms with van der Waals surface area (Å²) in [5, 5.41) is 2.55. The number of ether oxygens (including phenoxy) is 2. The smallest absolute Gasteiger partial charge is 0.405 e. The molecule has 6 nitrogen and oxygen atoms in total. The van der Waals surface area contributed by atoms with Gasteiger partial charge in [-0.05, 0) is 50.8 Å². The fourth-order valence-corrected chi connectivity index (χ4v) is 4.67. The van der Waals surface area contributed by atoms with Crippen molar-refractivity contribution in [2.45, 2.75) is 90.1 Å². The lowest BCUT2D eigenvalue weighted by atomic mass is 10.0. The van der Waals surface area contributed by atoms with E-state index >= 15 is 0 Å². The number of alkyl halides is 3.